The molecule has 0 aliphatic rings. The lowest BCUT2D eigenvalue weighted by Crippen LogP contribution is -2.38. The van der Waals surface area contributed by atoms with Crippen LogP contribution in [0.4, 0.5) is 13.6 Å². The van der Waals surface area contributed by atoms with E-state index in [2.05, 4.69) is 31.2 Å². The molecule has 0 saturated carbocycles. The van der Waals surface area contributed by atoms with Gasteiger partial charge in [-0.05, 0) is 61.2 Å². The summed E-state index contributed by atoms with van der Waals surface area (Å²) in [5, 5.41) is 11.5. The van der Waals surface area contributed by atoms with Gasteiger partial charge in [0, 0.05) is 24.4 Å². The summed E-state index contributed by atoms with van der Waals surface area (Å²) in [6, 6.07) is 2.82. The molecule has 0 aliphatic carbocycles. The molecule has 172 valence electrons. The van der Waals surface area contributed by atoms with Gasteiger partial charge in [-0.25, -0.2) is 23.4 Å². The summed E-state index contributed by atoms with van der Waals surface area (Å²) in [7, 11) is 0. The topological polar surface area (TPSA) is 101 Å². The Bertz CT molecular complexity index is 995. The van der Waals surface area contributed by atoms with E-state index >= 15 is 0 Å². The van der Waals surface area contributed by atoms with E-state index in [0.29, 0.717) is 4.60 Å². The van der Waals surface area contributed by atoms with Crippen molar-refractivity contribution in [3.8, 4) is 0 Å². The Balaban J connectivity index is 2.53. The number of amides is 1. The Hall–Kier alpha value is -2.88. The summed E-state index contributed by atoms with van der Waals surface area (Å²) >= 11 is 3.30. The number of aliphatic carboxylic acids is 1. The molecule has 2 atom stereocenters. The number of carbonyl (C=O) groups excluding carboxylic acids is 1. The number of hydrogen-bond acceptors (Lipinski definition) is 5. The number of alkyl carbamates (subject to hydrolysis) is 1. The van der Waals surface area contributed by atoms with Crippen LogP contribution >= 0.6 is 15.9 Å². The zero-order valence-electron chi connectivity index (χ0n) is 17.8. The van der Waals surface area contributed by atoms with Gasteiger partial charge < -0.3 is 15.2 Å². The van der Waals surface area contributed by atoms with E-state index in [4.69, 9.17) is 9.84 Å². The van der Waals surface area contributed by atoms with Crippen LogP contribution in [0, 0.1) is 11.6 Å². The van der Waals surface area contributed by atoms with Crippen molar-refractivity contribution >= 4 is 28.0 Å². The predicted molar refractivity (Wildman–Crippen MR) is 117 cm³/mol. The van der Waals surface area contributed by atoms with Gasteiger partial charge in [0.15, 0.2) is 11.6 Å². The average Bonchev–Trinajstić information content (AvgIpc) is 2.68. The number of aromatic nitrogens is 2. The van der Waals surface area contributed by atoms with Crippen molar-refractivity contribution in [2.75, 3.05) is 0 Å². The molecule has 0 radical (unpaired) electrons. The number of carboxylic acid groups (broad SMARTS) is 1. The fourth-order valence-electron chi connectivity index (χ4n) is 3.10. The summed E-state index contributed by atoms with van der Waals surface area (Å²) in [6.07, 6.45) is 4.84. The summed E-state index contributed by atoms with van der Waals surface area (Å²) in [4.78, 5) is 31.8. The average molecular weight is 512 g/mol. The van der Waals surface area contributed by atoms with Gasteiger partial charge in [-0.2, -0.15) is 0 Å². The number of carbonyl (C=O) groups is 2. The molecule has 2 unspecified atom stereocenters. The van der Waals surface area contributed by atoms with E-state index in [1.165, 1.54) is 30.6 Å². The number of hydrogen-bond donors (Lipinski definition) is 2. The van der Waals surface area contributed by atoms with E-state index in [1.54, 1.807) is 20.8 Å². The van der Waals surface area contributed by atoms with Crippen LogP contribution in [0.5, 0.6) is 0 Å². The lowest BCUT2D eigenvalue weighted by Gasteiger charge is -2.30. The van der Waals surface area contributed by atoms with Gasteiger partial charge in [0.05, 0.1) is 11.7 Å². The third-order valence-corrected chi connectivity index (χ3v) is 4.95. The molecule has 0 bridgehead atoms. The first-order valence-corrected chi connectivity index (χ1v) is 10.6. The Kier molecular flexibility index (Phi) is 8.82. The van der Waals surface area contributed by atoms with Crippen LogP contribution in [0.2, 0.25) is 0 Å². The van der Waals surface area contributed by atoms with E-state index in [0.717, 1.165) is 12.1 Å². The third kappa shape index (κ3) is 7.37. The van der Waals surface area contributed by atoms with E-state index in [1.807, 2.05) is 0 Å². The molecule has 10 heteroatoms. The normalized spacial score (nSPS) is 13.6. The van der Waals surface area contributed by atoms with Crippen LogP contribution < -0.4 is 5.32 Å². The molecule has 2 N–H and O–H groups in total. The maximum absolute atomic E-state index is 14.8. The van der Waals surface area contributed by atoms with Gasteiger partial charge in [-0.1, -0.05) is 18.2 Å². The highest BCUT2D eigenvalue weighted by molar-refractivity contribution is 9.10. The highest BCUT2D eigenvalue weighted by Crippen LogP contribution is 2.38. The number of halogens is 3. The second-order valence-electron chi connectivity index (χ2n) is 7.92. The number of carboxylic acids is 1. The van der Waals surface area contributed by atoms with Gasteiger partial charge in [0.2, 0.25) is 0 Å². The maximum Gasteiger partial charge on any atom is 0.408 e. The minimum absolute atomic E-state index is 0.00679. The number of nitrogens with zero attached hydrogens (tertiary/aromatic N) is 2. The van der Waals surface area contributed by atoms with Crippen LogP contribution in [0.3, 0.4) is 0 Å². The first kappa shape index (κ1) is 25.4. The van der Waals surface area contributed by atoms with Gasteiger partial charge in [0.1, 0.15) is 10.2 Å². The van der Waals surface area contributed by atoms with Crippen molar-refractivity contribution in [2.24, 2.45) is 0 Å². The fraction of sp³-hybridized carbons (Fsp3) is 0.364. The Labute approximate surface area is 193 Å². The molecule has 7 nitrogen and oxygen atoms in total. The second kappa shape index (κ2) is 11.1. The summed E-state index contributed by atoms with van der Waals surface area (Å²) < 4.78 is 34.5. The smallest absolute Gasteiger partial charge is 0.408 e. The van der Waals surface area contributed by atoms with Crippen molar-refractivity contribution in [1.82, 2.24) is 15.3 Å². The lowest BCUT2D eigenvalue weighted by molar-refractivity contribution is -0.131. The highest BCUT2D eigenvalue weighted by atomic mass is 79.9. The molecule has 0 saturated heterocycles. The van der Waals surface area contributed by atoms with Crippen LogP contribution in [0.1, 0.15) is 56.8 Å². The van der Waals surface area contributed by atoms with Gasteiger partial charge in [-0.3, -0.25) is 4.98 Å². The molecule has 1 amide bonds. The van der Waals surface area contributed by atoms with E-state index in [9.17, 15) is 18.4 Å². The minimum Gasteiger partial charge on any atom is -0.478 e. The number of ether oxygens (including phenoxy) is 1. The standard InChI is InChI=1S/C22H24BrF2N3O4/c1-22(2,3)32-21(31)28-18(19-20(23)27-12-11-26-19)14(7-4-5-10-16(29)30)13-8-6-9-15(24)17(13)25/h5-6,8-12,14,18H,4,7H2,1-3H3,(H,28,31)(H,29,30). The summed E-state index contributed by atoms with van der Waals surface area (Å²) in [5.41, 5.74) is -0.500. The fourth-order valence-corrected chi connectivity index (χ4v) is 3.57. The Morgan fingerprint density at radius 1 is 1.25 bits per heavy atom. The van der Waals surface area contributed by atoms with Crippen molar-refractivity contribution in [3.63, 3.8) is 0 Å². The molecule has 1 aromatic carbocycles. The number of nitrogens with one attached hydrogen (secondary N) is 1. The first-order valence-electron chi connectivity index (χ1n) is 9.79. The van der Waals surface area contributed by atoms with Crippen molar-refractivity contribution in [3.05, 3.63) is 70.2 Å². The predicted octanol–water partition coefficient (Wildman–Crippen LogP) is 5.29. The van der Waals surface area contributed by atoms with Gasteiger partial charge >= 0.3 is 12.1 Å². The molecule has 32 heavy (non-hydrogen) atoms. The molecule has 2 aromatic rings. The summed E-state index contributed by atoms with van der Waals surface area (Å²) in [6.45, 7) is 5.08. The molecular formula is C22H24BrF2N3O4. The largest absolute Gasteiger partial charge is 0.478 e. The molecule has 0 aliphatic heterocycles. The van der Waals surface area contributed by atoms with Gasteiger partial charge in [-0.15, -0.1) is 0 Å². The quantitative estimate of drug-likeness (QED) is 0.467. The number of allylic oxidation sites excluding steroid dienone is 1. The number of rotatable bonds is 8. The molecule has 0 fully saturated rings. The third-order valence-electron chi connectivity index (χ3n) is 4.33. The minimum atomic E-state index is -1.13. The van der Waals surface area contributed by atoms with Crippen LogP contribution in [-0.4, -0.2) is 32.7 Å². The molecule has 2 rings (SSSR count). The van der Waals surface area contributed by atoms with E-state index in [-0.39, 0.29) is 24.1 Å². The molecule has 0 spiro atoms. The Morgan fingerprint density at radius 2 is 1.94 bits per heavy atom. The number of benzene rings is 1. The van der Waals surface area contributed by atoms with E-state index < -0.39 is 41.3 Å². The van der Waals surface area contributed by atoms with Gasteiger partial charge in [0.25, 0.3) is 0 Å². The second-order valence-corrected chi connectivity index (χ2v) is 8.67. The SMILES string of the molecule is CC(C)(C)OC(=O)NC(c1nccnc1Br)C(CCC=CC(=O)O)c1cccc(F)c1F. The molecule has 1 heterocycles. The lowest BCUT2D eigenvalue weighted by atomic mass is 9.85. The van der Waals surface area contributed by atoms with Crippen LogP contribution in [0.25, 0.3) is 0 Å². The van der Waals surface area contributed by atoms with Crippen molar-refractivity contribution in [2.45, 2.75) is 51.2 Å². The van der Waals surface area contributed by atoms with Crippen LogP contribution in [-0.2, 0) is 9.53 Å². The first-order chi connectivity index (χ1) is 15.0. The van der Waals surface area contributed by atoms with Crippen LogP contribution in [0.15, 0.2) is 47.3 Å². The summed E-state index contributed by atoms with van der Waals surface area (Å²) in [5.74, 6) is -4.04. The highest BCUT2D eigenvalue weighted by Gasteiger charge is 2.33. The molecular weight excluding hydrogens is 488 g/mol. The molecule has 1 aromatic heterocycles. The zero-order valence-corrected chi connectivity index (χ0v) is 19.4. The Morgan fingerprint density at radius 3 is 2.56 bits per heavy atom. The van der Waals surface area contributed by atoms with Crippen molar-refractivity contribution < 1.29 is 28.2 Å². The van der Waals surface area contributed by atoms with Crippen molar-refractivity contribution in [1.29, 1.82) is 0 Å². The zero-order chi connectivity index (χ0) is 23.9. The monoisotopic (exact) mass is 511 g/mol. The maximum atomic E-state index is 14.8.